The van der Waals surface area contributed by atoms with E-state index in [4.69, 9.17) is 5.11 Å². The number of allylic oxidation sites excluding steroid dienone is 6. The predicted octanol–water partition coefficient (Wildman–Crippen LogP) is 5.98. The Labute approximate surface area is 132 Å². The van der Waals surface area contributed by atoms with Crippen LogP contribution in [0.15, 0.2) is 47.6 Å². The molecule has 0 bridgehead atoms. The van der Waals surface area contributed by atoms with Crippen LogP contribution in [-0.2, 0) is 0 Å². The number of aliphatic hydroxyl groups is 1. The summed E-state index contributed by atoms with van der Waals surface area (Å²) in [6.07, 6.45) is 15.1. The molecule has 0 spiro atoms. The third kappa shape index (κ3) is 12.4. The van der Waals surface area contributed by atoms with Gasteiger partial charge in [-0.15, -0.1) is 6.58 Å². The highest BCUT2D eigenvalue weighted by molar-refractivity contribution is 5.11. The van der Waals surface area contributed by atoms with Gasteiger partial charge >= 0.3 is 0 Å². The first-order valence-electron chi connectivity index (χ1n) is 8.20. The fourth-order valence-corrected chi connectivity index (χ4v) is 2.42. The van der Waals surface area contributed by atoms with Crippen molar-refractivity contribution in [3.8, 4) is 0 Å². The Kier molecular flexibility index (Phi) is 12.0. The zero-order chi connectivity index (χ0) is 16.1. The lowest BCUT2D eigenvalue weighted by Gasteiger charge is -2.10. The van der Waals surface area contributed by atoms with E-state index in [2.05, 4.69) is 46.4 Å². The van der Waals surface area contributed by atoms with Gasteiger partial charge in [-0.2, -0.15) is 0 Å². The summed E-state index contributed by atoms with van der Waals surface area (Å²) < 4.78 is 0. The van der Waals surface area contributed by atoms with E-state index < -0.39 is 0 Å². The SMILES string of the molecule is C=CC/C(=C\CC/C(=C/CO)CC(C)C)CCC=C(C)C. The molecule has 0 saturated carbocycles. The molecule has 0 unspecified atom stereocenters. The van der Waals surface area contributed by atoms with Crippen molar-refractivity contribution in [2.75, 3.05) is 6.61 Å². The molecule has 0 aliphatic rings. The average molecular weight is 290 g/mol. The molecule has 120 valence electrons. The van der Waals surface area contributed by atoms with Gasteiger partial charge in [-0.25, -0.2) is 0 Å². The highest BCUT2D eigenvalue weighted by Crippen LogP contribution is 2.19. The van der Waals surface area contributed by atoms with Crippen molar-refractivity contribution >= 4 is 0 Å². The Morgan fingerprint density at radius 3 is 2.14 bits per heavy atom. The zero-order valence-corrected chi connectivity index (χ0v) is 14.5. The Hall–Kier alpha value is -1.08. The first kappa shape index (κ1) is 19.9. The first-order valence-corrected chi connectivity index (χ1v) is 8.20. The molecule has 1 nitrogen and oxygen atoms in total. The fourth-order valence-electron chi connectivity index (χ4n) is 2.42. The number of rotatable bonds is 11. The summed E-state index contributed by atoms with van der Waals surface area (Å²) in [5.41, 5.74) is 4.25. The van der Waals surface area contributed by atoms with Crippen LogP contribution >= 0.6 is 0 Å². The third-order valence-electron chi connectivity index (χ3n) is 3.37. The van der Waals surface area contributed by atoms with Crippen molar-refractivity contribution in [2.24, 2.45) is 5.92 Å². The first-order chi connectivity index (χ1) is 9.99. The van der Waals surface area contributed by atoms with Gasteiger partial charge in [-0.3, -0.25) is 0 Å². The van der Waals surface area contributed by atoms with Gasteiger partial charge in [0.2, 0.25) is 0 Å². The maximum atomic E-state index is 9.10. The van der Waals surface area contributed by atoms with E-state index in [0.29, 0.717) is 5.92 Å². The Morgan fingerprint density at radius 1 is 1.00 bits per heavy atom. The van der Waals surface area contributed by atoms with Gasteiger partial charge in [0, 0.05) is 0 Å². The molecule has 0 aliphatic heterocycles. The summed E-state index contributed by atoms with van der Waals surface area (Å²) >= 11 is 0. The van der Waals surface area contributed by atoms with Gasteiger partial charge < -0.3 is 5.11 Å². The van der Waals surface area contributed by atoms with Crippen LogP contribution in [0.1, 0.15) is 66.2 Å². The largest absolute Gasteiger partial charge is 0.392 e. The van der Waals surface area contributed by atoms with E-state index >= 15 is 0 Å². The minimum atomic E-state index is 0.159. The van der Waals surface area contributed by atoms with E-state index in [9.17, 15) is 0 Å². The van der Waals surface area contributed by atoms with Crippen LogP contribution in [0, 0.1) is 5.92 Å². The van der Waals surface area contributed by atoms with E-state index in [1.54, 1.807) is 0 Å². The summed E-state index contributed by atoms with van der Waals surface area (Å²) in [4.78, 5) is 0. The highest BCUT2D eigenvalue weighted by Gasteiger charge is 2.01. The van der Waals surface area contributed by atoms with Crippen LogP contribution in [0.2, 0.25) is 0 Å². The molecule has 0 saturated heterocycles. The molecule has 21 heavy (non-hydrogen) atoms. The molecular weight excluding hydrogens is 256 g/mol. The summed E-state index contributed by atoms with van der Waals surface area (Å²) in [6, 6.07) is 0. The summed E-state index contributed by atoms with van der Waals surface area (Å²) in [6.45, 7) is 12.8. The molecule has 0 amide bonds. The molecule has 0 aliphatic carbocycles. The number of aliphatic hydroxyl groups excluding tert-OH is 1. The third-order valence-corrected chi connectivity index (χ3v) is 3.37. The van der Waals surface area contributed by atoms with E-state index in [1.807, 2.05) is 12.2 Å². The maximum Gasteiger partial charge on any atom is 0.0615 e. The molecule has 0 heterocycles. The minimum Gasteiger partial charge on any atom is -0.392 e. The number of hydrogen-bond donors (Lipinski definition) is 1. The predicted molar refractivity (Wildman–Crippen MR) is 95.4 cm³/mol. The van der Waals surface area contributed by atoms with Crippen LogP contribution in [0.3, 0.4) is 0 Å². The topological polar surface area (TPSA) is 20.2 Å². The van der Waals surface area contributed by atoms with Crippen LogP contribution in [0.4, 0.5) is 0 Å². The van der Waals surface area contributed by atoms with Gasteiger partial charge in [-0.05, 0) is 58.3 Å². The lowest BCUT2D eigenvalue weighted by atomic mass is 9.97. The molecule has 0 aromatic rings. The minimum absolute atomic E-state index is 0.159. The van der Waals surface area contributed by atoms with Gasteiger partial charge in [0.25, 0.3) is 0 Å². The Morgan fingerprint density at radius 2 is 1.62 bits per heavy atom. The quantitative estimate of drug-likeness (QED) is 0.464. The summed E-state index contributed by atoms with van der Waals surface area (Å²) in [5, 5.41) is 9.10. The van der Waals surface area contributed by atoms with Crippen molar-refractivity contribution < 1.29 is 5.11 Å². The van der Waals surface area contributed by atoms with Gasteiger partial charge in [0.05, 0.1) is 6.61 Å². The zero-order valence-electron chi connectivity index (χ0n) is 14.5. The second-order valence-corrected chi connectivity index (χ2v) is 6.36. The van der Waals surface area contributed by atoms with Gasteiger partial charge in [0.15, 0.2) is 0 Å². The average Bonchev–Trinajstić information content (AvgIpc) is 2.37. The number of hydrogen-bond acceptors (Lipinski definition) is 1. The maximum absolute atomic E-state index is 9.10. The van der Waals surface area contributed by atoms with Crippen molar-refractivity contribution in [1.29, 1.82) is 0 Å². The van der Waals surface area contributed by atoms with Crippen LogP contribution in [-0.4, -0.2) is 11.7 Å². The molecule has 1 N–H and O–H groups in total. The van der Waals surface area contributed by atoms with E-state index in [0.717, 1.165) is 38.5 Å². The Balaban J connectivity index is 4.43. The molecule has 0 aromatic carbocycles. The normalized spacial score (nSPS) is 12.7. The smallest absolute Gasteiger partial charge is 0.0615 e. The second kappa shape index (κ2) is 12.6. The van der Waals surface area contributed by atoms with E-state index in [1.165, 1.54) is 16.7 Å². The molecule has 0 atom stereocenters. The van der Waals surface area contributed by atoms with E-state index in [-0.39, 0.29) is 6.61 Å². The molecule has 1 heteroatoms. The molecular formula is C20H34O. The molecule has 0 radical (unpaired) electrons. The summed E-state index contributed by atoms with van der Waals surface area (Å²) in [7, 11) is 0. The molecule has 0 rings (SSSR count). The lowest BCUT2D eigenvalue weighted by molar-refractivity contribution is 0.340. The van der Waals surface area contributed by atoms with Crippen LogP contribution in [0.5, 0.6) is 0 Å². The second-order valence-electron chi connectivity index (χ2n) is 6.36. The van der Waals surface area contributed by atoms with Crippen molar-refractivity contribution in [1.82, 2.24) is 0 Å². The van der Waals surface area contributed by atoms with Gasteiger partial charge in [-0.1, -0.05) is 54.9 Å². The van der Waals surface area contributed by atoms with Crippen molar-refractivity contribution in [2.45, 2.75) is 66.2 Å². The summed E-state index contributed by atoms with van der Waals surface area (Å²) in [5.74, 6) is 0.650. The lowest BCUT2D eigenvalue weighted by Crippen LogP contribution is -1.94. The van der Waals surface area contributed by atoms with Crippen molar-refractivity contribution in [3.63, 3.8) is 0 Å². The Bertz CT molecular complexity index is 365. The van der Waals surface area contributed by atoms with Crippen molar-refractivity contribution in [3.05, 3.63) is 47.6 Å². The molecule has 0 aromatic heterocycles. The van der Waals surface area contributed by atoms with Crippen LogP contribution in [0.25, 0.3) is 0 Å². The highest BCUT2D eigenvalue weighted by atomic mass is 16.2. The monoisotopic (exact) mass is 290 g/mol. The molecule has 0 fully saturated rings. The standard InChI is InChI=1S/C20H34O/c1-6-9-19(11-7-10-17(2)3)12-8-13-20(14-15-21)16-18(4)5/h6,10,12,14,18,21H,1,7-9,11,13,15-16H2,2-5H3/b19-12+,20-14-. The van der Waals surface area contributed by atoms with Gasteiger partial charge in [0.1, 0.15) is 0 Å². The van der Waals surface area contributed by atoms with Crippen LogP contribution < -0.4 is 0 Å². The fraction of sp³-hybridized carbons (Fsp3) is 0.600.